The van der Waals surface area contributed by atoms with E-state index < -0.39 is 17.0 Å². The summed E-state index contributed by atoms with van der Waals surface area (Å²) in [6.07, 6.45) is 0. The van der Waals surface area contributed by atoms with Gasteiger partial charge in [0.15, 0.2) is 5.78 Å². The molecule has 1 aromatic heterocycles. The molecule has 0 unspecified atom stereocenters. The number of ether oxygens (including phenoxy) is 1. The van der Waals surface area contributed by atoms with Gasteiger partial charge in [0.25, 0.3) is 5.56 Å². The number of aromatic nitrogens is 2. The normalized spacial score (nSPS) is 11.2. The second-order valence-corrected chi connectivity index (χ2v) is 7.11. The number of nitrogens with two attached hydrogens (primary N) is 1. The number of fused-ring (bicyclic) bond motifs is 1. The number of carbonyl (C=O) groups is 1. The van der Waals surface area contributed by atoms with E-state index in [4.69, 9.17) is 10.5 Å². The molecule has 0 amide bonds. The quantitative estimate of drug-likeness (QED) is 0.628. The molecule has 0 atom stereocenters. The standard InChI is InChI=1S/C21H24N4O4/c1-23(11-13-5-6-15-10-16(29-4)8-7-14(15)9-13)12-17(26)18-19(22)24(2)21(28)25(3)20(18)27/h5-10H,11-12,22H2,1-4H3. The van der Waals surface area contributed by atoms with Gasteiger partial charge < -0.3 is 10.5 Å². The average Bonchev–Trinajstić information content (AvgIpc) is 2.70. The van der Waals surface area contributed by atoms with Crippen molar-refractivity contribution >= 4 is 22.4 Å². The molecule has 0 spiro atoms. The molecule has 0 aliphatic heterocycles. The van der Waals surface area contributed by atoms with Crippen LogP contribution in [0.2, 0.25) is 0 Å². The number of nitrogen functional groups attached to an aromatic ring is 1. The summed E-state index contributed by atoms with van der Waals surface area (Å²) < 4.78 is 7.24. The molecule has 0 saturated heterocycles. The maximum absolute atomic E-state index is 12.7. The van der Waals surface area contributed by atoms with E-state index in [1.807, 2.05) is 30.3 Å². The zero-order chi connectivity index (χ0) is 21.3. The predicted molar refractivity (Wildman–Crippen MR) is 113 cm³/mol. The molecule has 8 heteroatoms. The molecule has 152 valence electrons. The Morgan fingerprint density at radius 1 is 1.07 bits per heavy atom. The van der Waals surface area contributed by atoms with Crippen LogP contribution in [-0.4, -0.2) is 40.5 Å². The highest BCUT2D eigenvalue weighted by Gasteiger charge is 2.21. The molecule has 2 N–H and O–H groups in total. The molecule has 8 nitrogen and oxygen atoms in total. The summed E-state index contributed by atoms with van der Waals surface area (Å²) >= 11 is 0. The van der Waals surface area contributed by atoms with Crippen LogP contribution in [0.1, 0.15) is 15.9 Å². The minimum atomic E-state index is -0.677. The number of anilines is 1. The van der Waals surface area contributed by atoms with Gasteiger partial charge in [0, 0.05) is 20.6 Å². The fourth-order valence-corrected chi connectivity index (χ4v) is 3.31. The van der Waals surface area contributed by atoms with Gasteiger partial charge in [0.2, 0.25) is 0 Å². The van der Waals surface area contributed by atoms with Gasteiger partial charge >= 0.3 is 5.69 Å². The van der Waals surface area contributed by atoms with Crippen LogP contribution >= 0.6 is 0 Å². The van der Waals surface area contributed by atoms with E-state index in [9.17, 15) is 14.4 Å². The lowest BCUT2D eigenvalue weighted by Crippen LogP contribution is -2.43. The number of rotatable bonds is 6. The number of ketones is 1. The summed E-state index contributed by atoms with van der Waals surface area (Å²) in [5, 5.41) is 2.13. The largest absolute Gasteiger partial charge is 0.497 e. The first-order valence-corrected chi connectivity index (χ1v) is 9.07. The first kappa shape index (κ1) is 20.3. The van der Waals surface area contributed by atoms with E-state index >= 15 is 0 Å². The Morgan fingerprint density at radius 2 is 1.72 bits per heavy atom. The van der Waals surface area contributed by atoms with E-state index in [0.717, 1.165) is 31.2 Å². The Balaban J connectivity index is 1.80. The van der Waals surface area contributed by atoms with E-state index in [1.54, 1.807) is 19.1 Å². The minimum Gasteiger partial charge on any atom is -0.497 e. The number of Topliss-reactive ketones (excluding diaryl/α,β-unsaturated/α-hetero) is 1. The van der Waals surface area contributed by atoms with Crippen molar-refractivity contribution in [1.82, 2.24) is 14.0 Å². The van der Waals surface area contributed by atoms with E-state index in [-0.39, 0.29) is 17.9 Å². The third-order valence-electron chi connectivity index (χ3n) is 4.97. The Bertz CT molecular complexity index is 1210. The maximum Gasteiger partial charge on any atom is 0.332 e. The fraction of sp³-hybridized carbons (Fsp3) is 0.286. The molecular formula is C21H24N4O4. The molecule has 0 radical (unpaired) electrons. The summed E-state index contributed by atoms with van der Waals surface area (Å²) in [4.78, 5) is 38.8. The summed E-state index contributed by atoms with van der Waals surface area (Å²) in [5.41, 5.74) is 5.49. The summed E-state index contributed by atoms with van der Waals surface area (Å²) in [6.45, 7) is 0.512. The number of hydrogen-bond donors (Lipinski definition) is 1. The summed E-state index contributed by atoms with van der Waals surface area (Å²) in [7, 11) is 6.18. The summed E-state index contributed by atoms with van der Waals surface area (Å²) in [6, 6.07) is 11.9. The molecule has 0 bridgehead atoms. The second kappa shape index (κ2) is 7.92. The molecule has 29 heavy (non-hydrogen) atoms. The van der Waals surface area contributed by atoms with E-state index in [1.165, 1.54) is 14.1 Å². The van der Waals surface area contributed by atoms with Crippen molar-refractivity contribution in [3.05, 3.63) is 68.4 Å². The third kappa shape index (κ3) is 3.93. The van der Waals surface area contributed by atoms with Crippen LogP contribution in [0.15, 0.2) is 46.0 Å². The molecule has 0 fully saturated rings. The van der Waals surface area contributed by atoms with Gasteiger partial charge in [0.05, 0.1) is 13.7 Å². The Hall–Kier alpha value is -3.39. The number of hydrogen-bond acceptors (Lipinski definition) is 6. The van der Waals surface area contributed by atoms with Crippen molar-refractivity contribution in [1.29, 1.82) is 0 Å². The van der Waals surface area contributed by atoms with Crippen molar-refractivity contribution < 1.29 is 9.53 Å². The van der Waals surface area contributed by atoms with Crippen LogP contribution < -0.4 is 21.7 Å². The first-order chi connectivity index (χ1) is 13.7. The van der Waals surface area contributed by atoms with Gasteiger partial charge in [-0.15, -0.1) is 0 Å². The highest BCUT2D eigenvalue weighted by atomic mass is 16.5. The zero-order valence-electron chi connectivity index (χ0n) is 16.9. The van der Waals surface area contributed by atoms with E-state index in [0.29, 0.717) is 6.54 Å². The molecule has 0 aliphatic carbocycles. The van der Waals surface area contributed by atoms with Crippen molar-refractivity contribution in [2.24, 2.45) is 14.1 Å². The van der Waals surface area contributed by atoms with Crippen molar-refractivity contribution in [3.63, 3.8) is 0 Å². The molecule has 0 aliphatic rings. The highest BCUT2D eigenvalue weighted by Crippen LogP contribution is 2.22. The molecule has 3 aromatic rings. The number of carbonyl (C=O) groups excluding carboxylic acids is 1. The van der Waals surface area contributed by atoms with Crippen LogP contribution in [0, 0.1) is 0 Å². The van der Waals surface area contributed by atoms with Gasteiger partial charge in [-0.2, -0.15) is 0 Å². The average molecular weight is 396 g/mol. The summed E-state index contributed by atoms with van der Waals surface area (Å²) in [5.74, 6) is 0.257. The monoisotopic (exact) mass is 396 g/mol. The van der Waals surface area contributed by atoms with Crippen molar-refractivity contribution in [2.45, 2.75) is 6.54 Å². The smallest absolute Gasteiger partial charge is 0.332 e. The first-order valence-electron chi connectivity index (χ1n) is 9.07. The topological polar surface area (TPSA) is 99.6 Å². The maximum atomic E-state index is 12.7. The molecule has 3 rings (SSSR count). The van der Waals surface area contributed by atoms with Crippen molar-refractivity contribution in [2.75, 3.05) is 26.4 Å². The lowest BCUT2D eigenvalue weighted by Gasteiger charge is -2.17. The number of likely N-dealkylation sites (N-methyl/N-ethyl adjacent to an activating group) is 1. The zero-order valence-corrected chi connectivity index (χ0v) is 16.9. The number of methoxy groups -OCH3 is 1. The molecule has 2 aromatic carbocycles. The van der Waals surface area contributed by atoms with E-state index in [2.05, 4.69) is 6.07 Å². The van der Waals surface area contributed by atoms with Gasteiger partial charge in [-0.05, 0) is 41.6 Å². The second-order valence-electron chi connectivity index (χ2n) is 7.11. The molecule has 1 heterocycles. The van der Waals surface area contributed by atoms with Gasteiger partial charge in [-0.1, -0.05) is 18.2 Å². The molecule has 0 saturated carbocycles. The van der Waals surface area contributed by atoms with Crippen LogP contribution in [0.4, 0.5) is 5.82 Å². The van der Waals surface area contributed by atoms with Crippen LogP contribution in [0.3, 0.4) is 0 Å². The van der Waals surface area contributed by atoms with Gasteiger partial charge in [0.1, 0.15) is 17.1 Å². The van der Waals surface area contributed by atoms with Crippen molar-refractivity contribution in [3.8, 4) is 5.75 Å². The van der Waals surface area contributed by atoms with Gasteiger partial charge in [-0.3, -0.25) is 23.6 Å². The number of benzene rings is 2. The number of nitrogens with zero attached hydrogens (tertiary/aromatic N) is 3. The minimum absolute atomic E-state index is 0.00169. The highest BCUT2D eigenvalue weighted by molar-refractivity contribution is 6.01. The fourth-order valence-electron chi connectivity index (χ4n) is 3.31. The Morgan fingerprint density at radius 3 is 2.41 bits per heavy atom. The SMILES string of the molecule is COc1ccc2cc(CN(C)CC(=O)c3c(N)n(C)c(=O)n(C)c3=O)ccc2c1. The third-order valence-corrected chi connectivity index (χ3v) is 4.97. The van der Waals surface area contributed by atoms with Gasteiger partial charge in [-0.25, -0.2) is 4.79 Å². The van der Waals surface area contributed by atoms with Crippen LogP contribution in [0.5, 0.6) is 5.75 Å². The van der Waals surface area contributed by atoms with Crippen LogP contribution in [0.25, 0.3) is 10.8 Å². The Labute approximate surface area is 167 Å². The Kier molecular flexibility index (Phi) is 5.56. The molecular weight excluding hydrogens is 372 g/mol. The lowest BCUT2D eigenvalue weighted by molar-refractivity contribution is 0.0941. The lowest BCUT2D eigenvalue weighted by atomic mass is 10.1. The predicted octanol–water partition coefficient (Wildman–Crippen LogP) is 1.14. The van der Waals surface area contributed by atoms with Crippen LogP contribution in [-0.2, 0) is 20.6 Å².